The third kappa shape index (κ3) is 4.01. The molecule has 8 nitrogen and oxygen atoms in total. The van der Waals surface area contributed by atoms with Crippen molar-refractivity contribution < 1.29 is 19.1 Å². The third-order valence-corrected chi connectivity index (χ3v) is 6.01. The third-order valence-electron chi connectivity index (χ3n) is 4.90. The molecule has 1 aromatic rings. The lowest BCUT2D eigenvalue weighted by atomic mass is 9.72. The number of fused-ring (bicyclic) bond motifs is 1. The number of nitrogens with one attached hydrogen (secondary N) is 2. The van der Waals surface area contributed by atoms with Crippen LogP contribution in [0.3, 0.4) is 0 Å². The summed E-state index contributed by atoms with van der Waals surface area (Å²) in [6, 6.07) is 9.48. The lowest BCUT2D eigenvalue weighted by Gasteiger charge is -2.35. The van der Waals surface area contributed by atoms with Gasteiger partial charge in [0.1, 0.15) is 5.92 Å². The first-order chi connectivity index (χ1) is 13.8. The first-order valence-corrected chi connectivity index (χ1v) is 9.84. The van der Waals surface area contributed by atoms with Gasteiger partial charge in [0.15, 0.2) is 11.5 Å². The van der Waals surface area contributed by atoms with Gasteiger partial charge in [-0.1, -0.05) is 31.7 Å². The molecule has 3 rings (SSSR count). The van der Waals surface area contributed by atoms with Crippen LogP contribution in [0.15, 0.2) is 28.8 Å². The number of allylic oxidation sites excluding steroid dienone is 1. The number of carbonyl (C=O) groups is 2. The van der Waals surface area contributed by atoms with E-state index in [0.29, 0.717) is 28.6 Å². The minimum absolute atomic E-state index is 0.184. The van der Waals surface area contributed by atoms with Gasteiger partial charge in [0.05, 0.1) is 28.0 Å². The van der Waals surface area contributed by atoms with E-state index in [9.17, 15) is 20.1 Å². The second-order valence-corrected chi connectivity index (χ2v) is 8.61. The van der Waals surface area contributed by atoms with E-state index >= 15 is 0 Å². The zero-order valence-electron chi connectivity index (χ0n) is 16.2. The molecule has 2 N–H and O–H groups in total. The van der Waals surface area contributed by atoms with E-state index in [1.807, 2.05) is 18.2 Å². The molecule has 2 heterocycles. The van der Waals surface area contributed by atoms with Crippen molar-refractivity contribution in [1.82, 2.24) is 10.6 Å². The number of nitriles is 2. The minimum Gasteiger partial charge on any atom is -0.454 e. The van der Waals surface area contributed by atoms with E-state index in [1.54, 1.807) is 26.8 Å². The molecule has 2 aliphatic rings. The molecule has 2 atom stereocenters. The highest BCUT2D eigenvalue weighted by molar-refractivity contribution is 8.04. The molecule has 29 heavy (non-hydrogen) atoms. The molecule has 150 valence electrons. The summed E-state index contributed by atoms with van der Waals surface area (Å²) in [7, 11) is 0. The van der Waals surface area contributed by atoms with Crippen molar-refractivity contribution >= 4 is 23.6 Å². The Bertz CT molecular complexity index is 974. The second-order valence-electron chi connectivity index (χ2n) is 7.25. The molecule has 0 spiro atoms. The van der Waals surface area contributed by atoms with Crippen LogP contribution in [-0.4, -0.2) is 23.9 Å². The molecule has 0 fully saturated rings. The van der Waals surface area contributed by atoms with Gasteiger partial charge in [-0.25, -0.2) is 0 Å². The van der Waals surface area contributed by atoms with Crippen molar-refractivity contribution in [2.75, 3.05) is 6.79 Å². The van der Waals surface area contributed by atoms with Gasteiger partial charge in [0.25, 0.3) is 0 Å². The van der Waals surface area contributed by atoms with Gasteiger partial charge in [-0.15, -0.1) is 0 Å². The number of thioether (sulfide) groups is 1. The van der Waals surface area contributed by atoms with Gasteiger partial charge in [-0.2, -0.15) is 10.5 Å². The van der Waals surface area contributed by atoms with Gasteiger partial charge in [0, 0.05) is 12.0 Å². The Morgan fingerprint density at radius 2 is 2.10 bits per heavy atom. The summed E-state index contributed by atoms with van der Waals surface area (Å²) in [5.74, 6) is -0.357. The first-order valence-electron chi connectivity index (χ1n) is 8.96. The number of carbonyl (C=O) groups excluding carboxylic acids is 2. The number of hydrogen-bond donors (Lipinski definition) is 2. The van der Waals surface area contributed by atoms with Crippen LogP contribution in [0.25, 0.3) is 0 Å². The highest BCUT2D eigenvalue weighted by atomic mass is 32.2. The van der Waals surface area contributed by atoms with E-state index in [4.69, 9.17) is 9.47 Å². The summed E-state index contributed by atoms with van der Waals surface area (Å²) >= 11 is 1.09. The fourth-order valence-corrected chi connectivity index (χ4v) is 4.26. The molecule has 0 saturated heterocycles. The molecular weight excluding hydrogens is 392 g/mol. The maximum atomic E-state index is 12.5. The lowest BCUT2D eigenvalue weighted by Crippen LogP contribution is -2.45. The molecule has 0 bridgehead atoms. The largest absolute Gasteiger partial charge is 0.454 e. The van der Waals surface area contributed by atoms with Crippen LogP contribution >= 0.6 is 11.8 Å². The van der Waals surface area contributed by atoms with Crippen molar-refractivity contribution in [3.8, 4) is 23.6 Å². The maximum absolute atomic E-state index is 12.5. The van der Waals surface area contributed by atoms with Gasteiger partial charge in [-0.3, -0.25) is 9.59 Å². The number of amides is 2. The smallest absolute Gasteiger partial charge is 0.243 e. The van der Waals surface area contributed by atoms with E-state index in [1.165, 1.54) is 0 Å². The topological polar surface area (TPSA) is 124 Å². The fraction of sp³-hybridized carbons (Fsp3) is 0.400. The summed E-state index contributed by atoms with van der Waals surface area (Å²) in [6.45, 7) is 5.55. The molecule has 0 radical (unpaired) electrons. The molecule has 0 saturated carbocycles. The first kappa shape index (κ1) is 20.6. The van der Waals surface area contributed by atoms with Crippen LogP contribution < -0.4 is 20.1 Å². The normalized spacial score (nSPS) is 20.3. The molecule has 0 aromatic heterocycles. The maximum Gasteiger partial charge on any atom is 0.243 e. The molecule has 2 amide bonds. The standard InChI is InChI=1S/C20H20N4O4S/c1-11(17(25)23-9-12-4-5-15-16(6-12)28-10-27-15)29-19-14(8-22)20(2,3)13(7-21)18(26)24-19/h4-6,11,13H,9-10H2,1-3H3,(H,23,25)(H,24,26)/t11-,13-/m1/s1. The Hall–Kier alpha value is -3.17. The molecule has 0 aliphatic carbocycles. The van der Waals surface area contributed by atoms with Gasteiger partial charge in [-0.05, 0) is 24.6 Å². The van der Waals surface area contributed by atoms with E-state index in [-0.39, 0.29) is 12.7 Å². The van der Waals surface area contributed by atoms with Crippen molar-refractivity contribution in [3.05, 3.63) is 34.4 Å². The Kier molecular flexibility index (Phi) is 5.71. The highest BCUT2D eigenvalue weighted by Gasteiger charge is 2.45. The lowest BCUT2D eigenvalue weighted by molar-refractivity contribution is -0.125. The van der Waals surface area contributed by atoms with Gasteiger partial charge >= 0.3 is 0 Å². The number of nitrogens with zero attached hydrogens (tertiary/aromatic N) is 2. The van der Waals surface area contributed by atoms with E-state index < -0.39 is 22.5 Å². The van der Waals surface area contributed by atoms with Gasteiger partial charge < -0.3 is 20.1 Å². The zero-order valence-corrected chi connectivity index (χ0v) is 17.1. The van der Waals surface area contributed by atoms with Crippen LogP contribution in [0, 0.1) is 34.0 Å². The Labute approximate surface area is 172 Å². The number of rotatable bonds is 5. The molecule has 1 aromatic carbocycles. The average Bonchev–Trinajstić information content (AvgIpc) is 3.13. The number of ether oxygens (including phenoxy) is 2. The number of benzene rings is 1. The monoisotopic (exact) mass is 412 g/mol. The summed E-state index contributed by atoms with van der Waals surface area (Å²) in [4.78, 5) is 24.8. The SMILES string of the molecule is C[C@@H](SC1=C(C#N)C(C)(C)[C@H](C#N)C(=O)N1)C(=O)NCc1ccc2c(c1)OCO2. The van der Waals surface area contributed by atoms with Crippen molar-refractivity contribution in [1.29, 1.82) is 10.5 Å². The molecule has 9 heteroatoms. The van der Waals surface area contributed by atoms with Crippen LogP contribution in [0.2, 0.25) is 0 Å². The second kappa shape index (κ2) is 8.06. The van der Waals surface area contributed by atoms with Crippen LogP contribution in [0.5, 0.6) is 11.5 Å². The van der Waals surface area contributed by atoms with E-state index in [0.717, 1.165) is 17.3 Å². The fourth-order valence-electron chi connectivity index (χ4n) is 3.13. The van der Waals surface area contributed by atoms with Crippen molar-refractivity contribution in [2.24, 2.45) is 11.3 Å². The number of hydrogen-bond acceptors (Lipinski definition) is 7. The Morgan fingerprint density at radius 3 is 2.79 bits per heavy atom. The van der Waals surface area contributed by atoms with Crippen molar-refractivity contribution in [3.63, 3.8) is 0 Å². The molecular formula is C20H20N4O4S. The summed E-state index contributed by atoms with van der Waals surface area (Å²) in [6.07, 6.45) is 0. The minimum atomic E-state index is -0.961. The van der Waals surface area contributed by atoms with E-state index in [2.05, 4.69) is 16.7 Å². The van der Waals surface area contributed by atoms with Crippen LogP contribution in [0.1, 0.15) is 26.3 Å². The predicted octanol–water partition coefficient (Wildman–Crippen LogP) is 2.18. The quantitative estimate of drug-likeness (QED) is 0.759. The van der Waals surface area contributed by atoms with Gasteiger partial charge in [0.2, 0.25) is 18.6 Å². The summed E-state index contributed by atoms with van der Waals surface area (Å²) in [5.41, 5.74) is 0.224. The molecule has 2 aliphatic heterocycles. The summed E-state index contributed by atoms with van der Waals surface area (Å²) < 4.78 is 10.6. The summed E-state index contributed by atoms with van der Waals surface area (Å²) in [5, 5.41) is 24.1. The Balaban J connectivity index is 1.67. The molecule has 0 unspecified atom stereocenters. The zero-order chi connectivity index (χ0) is 21.2. The van der Waals surface area contributed by atoms with Crippen LogP contribution in [0.4, 0.5) is 0 Å². The van der Waals surface area contributed by atoms with Crippen molar-refractivity contribution in [2.45, 2.75) is 32.6 Å². The average molecular weight is 412 g/mol. The Morgan fingerprint density at radius 1 is 1.38 bits per heavy atom. The highest BCUT2D eigenvalue weighted by Crippen LogP contribution is 2.42. The van der Waals surface area contributed by atoms with Crippen LogP contribution in [-0.2, 0) is 16.1 Å². The predicted molar refractivity (Wildman–Crippen MR) is 105 cm³/mol.